The average Bonchev–Trinajstić information content (AvgIpc) is 2.88. The molecule has 2 heterocycles. The molecular formula is C17H19N3O7. The number of H-pyrrole nitrogens is 1. The summed E-state index contributed by atoms with van der Waals surface area (Å²) >= 11 is 0. The lowest BCUT2D eigenvalue weighted by molar-refractivity contribution is -0.0387. The van der Waals surface area contributed by atoms with Gasteiger partial charge in [0.1, 0.15) is 24.1 Å². The van der Waals surface area contributed by atoms with E-state index in [0.29, 0.717) is 0 Å². The Labute approximate surface area is 152 Å². The third-order valence-electron chi connectivity index (χ3n) is 4.32. The topological polar surface area (TPSA) is 154 Å². The van der Waals surface area contributed by atoms with Gasteiger partial charge in [0.05, 0.1) is 5.56 Å². The Balaban J connectivity index is 1.70. The van der Waals surface area contributed by atoms with Crippen LogP contribution >= 0.6 is 0 Å². The number of phenols is 1. The van der Waals surface area contributed by atoms with Crippen LogP contribution in [0.3, 0.4) is 0 Å². The van der Waals surface area contributed by atoms with E-state index in [2.05, 4.69) is 5.32 Å². The van der Waals surface area contributed by atoms with Crippen LogP contribution in [0.5, 0.6) is 5.75 Å². The first-order valence-electron chi connectivity index (χ1n) is 8.19. The summed E-state index contributed by atoms with van der Waals surface area (Å²) < 4.78 is 6.44. The average molecular weight is 377 g/mol. The second-order valence-corrected chi connectivity index (χ2v) is 6.29. The van der Waals surface area contributed by atoms with Crippen molar-refractivity contribution in [3.63, 3.8) is 0 Å². The van der Waals surface area contributed by atoms with Crippen molar-refractivity contribution in [1.29, 1.82) is 0 Å². The van der Waals surface area contributed by atoms with E-state index in [4.69, 9.17) is 4.74 Å². The highest BCUT2D eigenvalue weighted by Gasteiger charge is 2.44. The molecule has 10 nitrogen and oxygen atoms in total. The highest BCUT2D eigenvalue weighted by molar-refractivity contribution is 5.96. The fourth-order valence-corrected chi connectivity index (χ4v) is 2.88. The number of amides is 1. The first-order valence-corrected chi connectivity index (χ1v) is 8.19. The molecule has 1 aromatic heterocycles. The van der Waals surface area contributed by atoms with Crippen molar-refractivity contribution in [1.82, 2.24) is 14.9 Å². The summed E-state index contributed by atoms with van der Waals surface area (Å²) in [7, 11) is 0. The number of nitrogens with zero attached hydrogens (tertiary/aromatic N) is 1. The van der Waals surface area contributed by atoms with Crippen molar-refractivity contribution >= 4 is 5.91 Å². The predicted octanol–water partition coefficient (Wildman–Crippen LogP) is -1.40. The number of ether oxygens (including phenoxy) is 1. The number of rotatable bonds is 4. The standard InChI is InChI=1S/C17H19N3O7/c1-8-2-3-9(10(21)6-8)15(25)18-7-11-13(23)14(24)16(27-11)20-5-4-12(22)19-17(20)26/h2-6,11,13-14,16,21,23-24H,7H2,1H3,(H,18,25)(H,19,22,26)/t11-,13-,14+,16-/m1/s1. The zero-order valence-corrected chi connectivity index (χ0v) is 14.3. The van der Waals surface area contributed by atoms with Crippen LogP contribution < -0.4 is 16.6 Å². The second kappa shape index (κ2) is 7.35. The number of carbonyl (C=O) groups is 1. The molecule has 1 aliphatic rings. The summed E-state index contributed by atoms with van der Waals surface area (Å²) in [6, 6.07) is 5.65. The van der Waals surface area contributed by atoms with Crippen molar-refractivity contribution < 1.29 is 24.9 Å². The first kappa shape index (κ1) is 18.8. The number of carbonyl (C=O) groups excluding carboxylic acids is 1. The monoisotopic (exact) mass is 377 g/mol. The predicted molar refractivity (Wildman–Crippen MR) is 92.4 cm³/mol. The van der Waals surface area contributed by atoms with Crippen LogP contribution in [0.4, 0.5) is 0 Å². The minimum absolute atomic E-state index is 0.0574. The number of aromatic hydroxyl groups is 1. The highest BCUT2D eigenvalue weighted by Crippen LogP contribution is 2.28. The Kier molecular flexibility index (Phi) is 5.13. The smallest absolute Gasteiger partial charge is 0.330 e. The summed E-state index contributed by atoms with van der Waals surface area (Å²) in [5.74, 6) is -0.763. The van der Waals surface area contributed by atoms with Gasteiger partial charge in [0, 0.05) is 18.8 Å². The van der Waals surface area contributed by atoms with E-state index in [-0.39, 0.29) is 17.9 Å². The normalized spacial score (nSPS) is 24.7. The van der Waals surface area contributed by atoms with Gasteiger partial charge in [-0.2, -0.15) is 0 Å². The first-order chi connectivity index (χ1) is 12.8. The van der Waals surface area contributed by atoms with Gasteiger partial charge in [-0.25, -0.2) is 4.79 Å². The number of nitrogens with one attached hydrogen (secondary N) is 2. The molecule has 27 heavy (non-hydrogen) atoms. The number of aromatic nitrogens is 2. The van der Waals surface area contributed by atoms with E-state index < -0.39 is 41.7 Å². The van der Waals surface area contributed by atoms with Crippen molar-refractivity contribution in [2.24, 2.45) is 0 Å². The summed E-state index contributed by atoms with van der Waals surface area (Å²) in [5, 5.41) is 32.6. The Morgan fingerprint density at radius 1 is 1.26 bits per heavy atom. The molecule has 0 saturated carbocycles. The molecule has 5 N–H and O–H groups in total. The van der Waals surface area contributed by atoms with Gasteiger partial charge in [0.15, 0.2) is 6.23 Å². The zero-order chi connectivity index (χ0) is 19.7. The molecule has 0 unspecified atom stereocenters. The van der Waals surface area contributed by atoms with Crippen molar-refractivity contribution in [2.75, 3.05) is 6.54 Å². The fourth-order valence-electron chi connectivity index (χ4n) is 2.88. The van der Waals surface area contributed by atoms with Crippen LogP contribution in [-0.2, 0) is 4.74 Å². The molecule has 1 aliphatic heterocycles. The molecule has 0 aliphatic carbocycles. The number of hydrogen-bond acceptors (Lipinski definition) is 7. The number of aryl methyl sites for hydroxylation is 1. The van der Waals surface area contributed by atoms with Crippen LogP contribution in [0.1, 0.15) is 22.1 Å². The summed E-state index contributed by atoms with van der Waals surface area (Å²) in [5.41, 5.74) is -0.558. The van der Waals surface area contributed by atoms with Crippen LogP contribution in [-0.4, -0.2) is 55.6 Å². The van der Waals surface area contributed by atoms with Crippen LogP contribution in [0.15, 0.2) is 40.1 Å². The van der Waals surface area contributed by atoms with Gasteiger partial charge in [0.2, 0.25) is 0 Å². The van der Waals surface area contributed by atoms with E-state index in [1.807, 2.05) is 4.98 Å². The molecule has 1 amide bonds. The van der Waals surface area contributed by atoms with Gasteiger partial charge < -0.3 is 25.4 Å². The minimum atomic E-state index is -1.44. The van der Waals surface area contributed by atoms with Crippen LogP contribution in [0, 0.1) is 6.92 Å². The Bertz CT molecular complexity index is 967. The van der Waals surface area contributed by atoms with Gasteiger partial charge >= 0.3 is 5.69 Å². The largest absolute Gasteiger partial charge is 0.507 e. The van der Waals surface area contributed by atoms with Gasteiger partial charge in [0.25, 0.3) is 11.5 Å². The van der Waals surface area contributed by atoms with Gasteiger partial charge in [-0.1, -0.05) is 6.07 Å². The maximum absolute atomic E-state index is 12.2. The second-order valence-electron chi connectivity index (χ2n) is 6.29. The lowest BCUT2D eigenvalue weighted by Gasteiger charge is -2.16. The van der Waals surface area contributed by atoms with Crippen molar-refractivity contribution in [2.45, 2.75) is 31.5 Å². The SMILES string of the molecule is Cc1ccc(C(=O)NC[C@H]2O[C@@H](n3ccc(=O)[nH]c3=O)[C@@H](O)[C@@H]2O)c(O)c1. The third-order valence-corrected chi connectivity index (χ3v) is 4.32. The molecule has 3 rings (SSSR count). The fraction of sp³-hybridized carbons (Fsp3) is 0.353. The molecule has 4 atom stereocenters. The van der Waals surface area contributed by atoms with Gasteiger partial charge in [-0.3, -0.25) is 19.1 Å². The molecule has 1 saturated heterocycles. The van der Waals surface area contributed by atoms with Crippen molar-refractivity contribution in [3.05, 3.63) is 62.4 Å². The summed E-state index contributed by atoms with van der Waals surface area (Å²) in [6.45, 7) is 1.60. The van der Waals surface area contributed by atoms with Crippen LogP contribution in [0.2, 0.25) is 0 Å². The number of benzene rings is 1. The molecule has 2 aromatic rings. The molecular weight excluding hydrogens is 358 g/mol. The van der Waals surface area contributed by atoms with Gasteiger partial charge in [-0.05, 0) is 24.6 Å². The summed E-state index contributed by atoms with van der Waals surface area (Å²) in [6.07, 6.45) is -3.89. The van der Waals surface area contributed by atoms with E-state index in [0.717, 1.165) is 22.4 Å². The minimum Gasteiger partial charge on any atom is -0.507 e. The molecule has 144 valence electrons. The zero-order valence-electron chi connectivity index (χ0n) is 14.3. The number of aliphatic hydroxyl groups excluding tert-OH is 2. The van der Waals surface area contributed by atoms with E-state index in [1.165, 1.54) is 12.1 Å². The lowest BCUT2D eigenvalue weighted by Crippen LogP contribution is -2.40. The lowest BCUT2D eigenvalue weighted by atomic mass is 10.1. The molecule has 0 spiro atoms. The van der Waals surface area contributed by atoms with E-state index in [9.17, 15) is 29.7 Å². The number of aliphatic hydroxyl groups is 2. The van der Waals surface area contributed by atoms with Crippen molar-refractivity contribution in [3.8, 4) is 5.75 Å². The summed E-state index contributed by atoms with van der Waals surface area (Å²) in [4.78, 5) is 37.2. The molecule has 10 heteroatoms. The number of hydrogen-bond donors (Lipinski definition) is 5. The highest BCUT2D eigenvalue weighted by atomic mass is 16.6. The van der Waals surface area contributed by atoms with Gasteiger partial charge in [-0.15, -0.1) is 0 Å². The maximum Gasteiger partial charge on any atom is 0.330 e. The number of phenolic OH excluding ortho intramolecular Hbond substituents is 1. The maximum atomic E-state index is 12.2. The Morgan fingerprint density at radius 3 is 2.67 bits per heavy atom. The van der Waals surface area contributed by atoms with E-state index >= 15 is 0 Å². The molecule has 1 fully saturated rings. The molecule has 1 aromatic carbocycles. The van der Waals surface area contributed by atoms with E-state index in [1.54, 1.807) is 13.0 Å². The van der Waals surface area contributed by atoms with Crippen LogP contribution in [0.25, 0.3) is 0 Å². The third kappa shape index (κ3) is 3.77. The number of aromatic amines is 1. The Morgan fingerprint density at radius 2 is 2.00 bits per heavy atom. The molecule has 0 bridgehead atoms. The quantitative estimate of drug-likeness (QED) is 0.439. The molecule has 0 radical (unpaired) electrons. The Hall–Kier alpha value is -2.95.